The second kappa shape index (κ2) is 10.3. The Hall–Kier alpha value is -2.42. The summed E-state index contributed by atoms with van der Waals surface area (Å²) in [6, 6.07) is 8.18. The monoisotopic (exact) mass is 475 g/mol. The quantitative estimate of drug-likeness (QED) is 0.262. The number of rotatable bonds is 7. The molecule has 0 aliphatic heterocycles. The predicted molar refractivity (Wildman–Crippen MR) is 125 cm³/mol. The fourth-order valence-electron chi connectivity index (χ4n) is 2.74. The molecule has 1 amide bonds. The molecule has 0 aliphatic carbocycles. The van der Waals surface area contributed by atoms with E-state index in [1.165, 1.54) is 34.9 Å². The van der Waals surface area contributed by atoms with Gasteiger partial charge in [0.05, 0.1) is 23.4 Å². The normalized spacial score (nSPS) is 10.7. The van der Waals surface area contributed by atoms with Crippen LogP contribution in [0.3, 0.4) is 0 Å². The lowest BCUT2D eigenvalue weighted by Crippen LogP contribution is -2.17. The minimum Gasteiger partial charge on any atom is -0.462 e. The highest BCUT2D eigenvalue weighted by molar-refractivity contribution is 7.98. The first-order valence-electron chi connectivity index (χ1n) is 9.59. The number of nitrogens with one attached hydrogen (secondary N) is 1. The zero-order valence-electron chi connectivity index (χ0n) is 17.6. The zero-order chi connectivity index (χ0) is 22.5. The van der Waals surface area contributed by atoms with Crippen molar-refractivity contribution in [2.45, 2.75) is 38.6 Å². The Kier molecular flexibility index (Phi) is 7.69. The molecule has 162 valence electrons. The smallest absolute Gasteiger partial charge is 0.341 e. The van der Waals surface area contributed by atoms with Gasteiger partial charge in [-0.3, -0.25) is 4.79 Å². The number of anilines is 1. The van der Waals surface area contributed by atoms with Crippen molar-refractivity contribution in [1.29, 1.82) is 0 Å². The van der Waals surface area contributed by atoms with Crippen LogP contribution < -0.4 is 5.32 Å². The number of ether oxygens (including phenoxy) is 1. The van der Waals surface area contributed by atoms with Crippen LogP contribution in [0.15, 0.2) is 35.6 Å². The number of halogens is 1. The number of thiophene rings is 1. The SMILES string of the molecule is CCOC(=O)c1c(NC(=O)c2nc(SCc3ccc(C)cc3)ncc2Cl)sc(C)c1C. The van der Waals surface area contributed by atoms with Crippen LogP contribution >= 0.6 is 34.7 Å². The summed E-state index contributed by atoms with van der Waals surface area (Å²) >= 11 is 8.92. The number of carbonyl (C=O) groups excluding carboxylic acids is 2. The van der Waals surface area contributed by atoms with Crippen molar-refractivity contribution in [3.05, 3.63) is 68.3 Å². The molecule has 1 N–H and O–H groups in total. The van der Waals surface area contributed by atoms with Gasteiger partial charge >= 0.3 is 5.97 Å². The number of aromatic nitrogens is 2. The average Bonchev–Trinajstić information content (AvgIpc) is 3.01. The molecule has 0 spiro atoms. The maximum absolute atomic E-state index is 12.9. The van der Waals surface area contributed by atoms with Gasteiger partial charge in [-0.25, -0.2) is 14.8 Å². The van der Waals surface area contributed by atoms with Gasteiger partial charge < -0.3 is 10.1 Å². The summed E-state index contributed by atoms with van der Waals surface area (Å²) in [5.74, 6) is -0.307. The third-order valence-electron chi connectivity index (χ3n) is 4.52. The van der Waals surface area contributed by atoms with E-state index in [1.807, 2.05) is 45.0 Å². The van der Waals surface area contributed by atoms with Crippen molar-refractivity contribution in [1.82, 2.24) is 9.97 Å². The van der Waals surface area contributed by atoms with Gasteiger partial charge in [-0.05, 0) is 38.8 Å². The van der Waals surface area contributed by atoms with E-state index in [0.717, 1.165) is 16.0 Å². The summed E-state index contributed by atoms with van der Waals surface area (Å²) < 4.78 is 5.14. The van der Waals surface area contributed by atoms with Crippen molar-refractivity contribution in [3.63, 3.8) is 0 Å². The summed E-state index contributed by atoms with van der Waals surface area (Å²) in [7, 11) is 0. The van der Waals surface area contributed by atoms with Crippen LogP contribution in [-0.2, 0) is 10.5 Å². The number of esters is 1. The minimum atomic E-state index is -0.503. The average molecular weight is 476 g/mol. The van der Waals surface area contributed by atoms with Gasteiger partial charge in [-0.2, -0.15) is 0 Å². The second-order valence-electron chi connectivity index (χ2n) is 6.79. The number of benzene rings is 1. The van der Waals surface area contributed by atoms with Crippen LogP contribution in [0, 0.1) is 20.8 Å². The fourth-order valence-corrected chi connectivity index (χ4v) is 4.73. The molecular weight excluding hydrogens is 454 g/mol. The Morgan fingerprint density at radius 3 is 2.58 bits per heavy atom. The molecular formula is C22H22ClN3O3S2. The lowest BCUT2D eigenvalue weighted by Gasteiger charge is -2.09. The molecule has 6 nitrogen and oxygen atoms in total. The topological polar surface area (TPSA) is 81.2 Å². The second-order valence-corrected chi connectivity index (χ2v) is 9.36. The fraction of sp³-hybridized carbons (Fsp3) is 0.273. The van der Waals surface area contributed by atoms with Crippen molar-refractivity contribution in [3.8, 4) is 0 Å². The molecule has 1 aromatic carbocycles. The van der Waals surface area contributed by atoms with Crippen molar-refractivity contribution in [2.24, 2.45) is 0 Å². The number of thioether (sulfide) groups is 1. The highest BCUT2D eigenvalue weighted by atomic mass is 35.5. The van der Waals surface area contributed by atoms with Crippen molar-refractivity contribution in [2.75, 3.05) is 11.9 Å². The van der Waals surface area contributed by atoms with Crippen molar-refractivity contribution >= 4 is 51.6 Å². The maximum atomic E-state index is 12.9. The molecule has 0 unspecified atom stereocenters. The first-order valence-corrected chi connectivity index (χ1v) is 11.8. The Morgan fingerprint density at radius 1 is 1.19 bits per heavy atom. The predicted octanol–water partition coefficient (Wildman–Crippen LogP) is 5.84. The Labute approximate surface area is 194 Å². The minimum absolute atomic E-state index is 0.0570. The van der Waals surface area contributed by atoms with Gasteiger partial charge in [0, 0.05) is 10.6 Å². The number of amides is 1. The van der Waals surface area contributed by atoms with E-state index in [0.29, 0.717) is 21.5 Å². The summed E-state index contributed by atoms with van der Waals surface area (Å²) in [4.78, 5) is 34.7. The molecule has 3 aromatic rings. The van der Waals surface area contributed by atoms with E-state index in [-0.39, 0.29) is 17.3 Å². The van der Waals surface area contributed by atoms with Crippen LogP contribution in [0.5, 0.6) is 0 Å². The molecule has 0 fully saturated rings. The summed E-state index contributed by atoms with van der Waals surface area (Å²) in [5.41, 5.74) is 3.51. The molecule has 0 aliphatic rings. The molecule has 3 rings (SSSR count). The third kappa shape index (κ3) is 5.64. The standard InChI is InChI=1S/C22H22ClN3O3S2/c1-5-29-21(28)17-13(3)14(4)31-20(17)26-19(27)18-16(23)10-24-22(25-18)30-11-15-8-6-12(2)7-9-15/h6-10H,5,11H2,1-4H3,(H,26,27). The van der Waals surface area contributed by atoms with E-state index >= 15 is 0 Å². The Morgan fingerprint density at radius 2 is 1.90 bits per heavy atom. The van der Waals surface area contributed by atoms with Gasteiger partial charge in [-0.1, -0.05) is 53.2 Å². The maximum Gasteiger partial charge on any atom is 0.341 e. The molecule has 9 heteroatoms. The highest BCUT2D eigenvalue weighted by Crippen LogP contribution is 2.33. The lowest BCUT2D eigenvalue weighted by atomic mass is 10.1. The molecule has 0 saturated heterocycles. The lowest BCUT2D eigenvalue weighted by molar-refractivity contribution is 0.0527. The summed E-state index contributed by atoms with van der Waals surface area (Å²) in [5, 5.41) is 3.77. The molecule has 31 heavy (non-hydrogen) atoms. The van der Waals surface area contributed by atoms with Crippen LogP contribution in [0.1, 0.15) is 49.3 Å². The Balaban J connectivity index is 1.79. The largest absolute Gasteiger partial charge is 0.462 e. The molecule has 0 radical (unpaired) electrons. The summed E-state index contributed by atoms with van der Waals surface area (Å²) in [6.45, 7) is 7.73. The van der Waals surface area contributed by atoms with Gasteiger partial charge in [0.1, 0.15) is 5.00 Å². The molecule has 0 bridgehead atoms. The number of nitrogens with zero attached hydrogens (tertiary/aromatic N) is 2. The third-order valence-corrected chi connectivity index (χ3v) is 6.85. The number of aryl methyl sites for hydroxylation is 2. The van der Waals surface area contributed by atoms with Crippen LogP contribution in [0.25, 0.3) is 0 Å². The number of hydrogen-bond acceptors (Lipinski definition) is 7. The van der Waals surface area contributed by atoms with Crippen molar-refractivity contribution < 1.29 is 14.3 Å². The van der Waals surface area contributed by atoms with Crippen LogP contribution in [-0.4, -0.2) is 28.5 Å². The first kappa shape index (κ1) is 23.2. The number of carbonyl (C=O) groups is 2. The van der Waals surface area contributed by atoms with E-state index in [4.69, 9.17) is 16.3 Å². The van der Waals surface area contributed by atoms with Crippen LogP contribution in [0.4, 0.5) is 5.00 Å². The zero-order valence-corrected chi connectivity index (χ0v) is 20.0. The summed E-state index contributed by atoms with van der Waals surface area (Å²) in [6.07, 6.45) is 1.41. The van der Waals surface area contributed by atoms with E-state index in [1.54, 1.807) is 6.92 Å². The van der Waals surface area contributed by atoms with E-state index in [9.17, 15) is 9.59 Å². The van der Waals surface area contributed by atoms with Crippen LogP contribution in [0.2, 0.25) is 5.02 Å². The van der Waals surface area contributed by atoms with Gasteiger partial charge in [0.15, 0.2) is 10.9 Å². The number of hydrogen-bond donors (Lipinski definition) is 1. The first-order chi connectivity index (χ1) is 14.8. The van der Waals surface area contributed by atoms with E-state index < -0.39 is 11.9 Å². The van der Waals surface area contributed by atoms with Gasteiger partial charge in [0.2, 0.25) is 0 Å². The highest BCUT2D eigenvalue weighted by Gasteiger charge is 2.24. The molecule has 0 atom stereocenters. The van der Waals surface area contributed by atoms with E-state index in [2.05, 4.69) is 15.3 Å². The van der Waals surface area contributed by atoms with Gasteiger partial charge in [0.25, 0.3) is 5.91 Å². The molecule has 0 saturated carbocycles. The molecule has 2 heterocycles. The van der Waals surface area contributed by atoms with Gasteiger partial charge in [-0.15, -0.1) is 11.3 Å². The molecule has 2 aromatic heterocycles. The Bertz CT molecular complexity index is 1110.